The van der Waals surface area contributed by atoms with Gasteiger partial charge in [-0.05, 0) is 0 Å². The van der Waals surface area contributed by atoms with Crippen LogP contribution in [0, 0.1) is 0 Å². The van der Waals surface area contributed by atoms with E-state index in [1.54, 1.807) is 36.1 Å². The maximum Gasteiger partial charge on any atom is 0.157 e. The van der Waals surface area contributed by atoms with Crippen LogP contribution in [0.25, 0.3) is 0 Å². The summed E-state index contributed by atoms with van der Waals surface area (Å²) in [7, 11) is 3.44. The fourth-order valence-electron chi connectivity index (χ4n) is 2.13. The molecular weight excluding hydrogens is 280 g/mol. The first kappa shape index (κ1) is 13.8. The van der Waals surface area contributed by atoms with Gasteiger partial charge in [-0.15, -0.1) is 0 Å². The van der Waals surface area contributed by atoms with Gasteiger partial charge in [-0.3, -0.25) is 9.98 Å². The lowest BCUT2D eigenvalue weighted by Crippen LogP contribution is -2.16. The maximum absolute atomic E-state index is 4.26. The maximum atomic E-state index is 4.26. The summed E-state index contributed by atoms with van der Waals surface area (Å²) in [4.78, 5) is 16.4. The topological polar surface area (TPSA) is 86.1 Å². The van der Waals surface area contributed by atoms with Gasteiger partial charge in [0, 0.05) is 25.2 Å². The van der Waals surface area contributed by atoms with Crippen LogP contribution < -0.4 is 0 Å². The summed E-state index contributed by atoms with van der Waals surface area (Å²) < 4.78 is 3.25. The van der Waals surface area contributed by atoms with Crippen LogP contribution in [-0.2, 0) is 0 Å². The van der Waals surface area contributed by atoms with Crippen LogP contribution in [0.15, 0.2) is 59.6 Å². The normalized spacial score (nSPS) is 12.6. The molecule has 22 heavy (non-hydrogen) atoms. The summed E-state index contributed by atoms with van der Waals surface area (Å²) in [6.07, 6.45) is 6.19. The van der Waals surface area contributed by atoms with E-state index in [-0.39, 0.29) is 0 Å². The minimum atomic E-state index is 0.722. The number of aromatic nitrogens is 6. The molecule has 2 heterocycles. The Bertz CT molecular complexity index is 713. The van der Waals surface area contributed by atoms with E-state index in [0.29, 0.717) is 0 Å². The standard InChI is InChI=1S/C14H14N8/c1-15-13(21-9-17-7-19-21)11-3-5-12(6-4-11)14(16-2)22-10-18-8-20-22/h3-10H,1-2H3. The van der Waals surface area contributed by atoms with Gasteiger partial charge in [0.2, 0.25) is 0 Å². The summed E-state index contributed by atoms with van der Waals surface area (Å²) in [5.41, 5.74) is 1.87. The lowest BCUT2D eigenvalue weighted by atomic mass is 10.1. The minimum Gasteiger partial charge on any atom is -0.270 e. The molecule has 0 spiro atoms. The summed E-state index contributed by atoms with van der Waals surface area (Å²) >= 11 is 0. The molecule has 0 bridgehead atoms. The molecule has 0 atom stereocenters. The van der Waals surface area contributed by atoms with Gasteiger partial charge in [-0.1, -0.05) is 24.3 Å². The Kier molecular flexibility index (Phi) is 3.82. The average Bonchev–Trinajstić information content (AvgIpc) is 3.24. The SMILES string of the molecule is CN=C(c1ccc(C(=NC)n2cncn2)cc1)n1cncn1. The van der Waals surface area contributed by atoms with Crippen LogP contribution in [-0.4, -0.2) is 55.3 Å². The van der Waals surface area contributed by atoms with Gasteiger partial charge in [0.15, 0.2) is 11.7 Å². The van der Waals surface area contributed by atoms with Gasteiger partial charge in [0.05, 0.1) is 0 Å². The number of aliphatic imine (C=N–C) groups is 2. The van der Waals surface area contributed by atoms with E-state index in [1.165, 1.54) is 12.7 Å². The largest absolute Gasteiger partial charge is 0.270 e. The summed E-state index contributed by atoms with van der Waals surface area (Å²) in [6.45, 7) is 0. The van der Waals surface area contributed by atoms with E-state index in [0.717, 1.165) is 22.8 Å². The van der Waals surface area contributed by atoms with Crippen molar-refractivity contribution in [2.24, 2.45) is 9.98 Å². The van der Waals surface area contributed by atoms with Crippen molar-refractivity contribution < 1.29 is 0 Å². The minimum absolute atomic E-state index is 0.722. The first-order valence-corrected chi connectivity index (χ1v) is 6.58. The fraction of sp³-hybridized carbons (Fsp3) is 0.143. The van der Waals surface area contributed by atoms with Gasteiger partial charge in [-0.25, -0.2) is 19.3 Å². The predicted octanol–water partition coefficient (Wildman–Crippen LogP) is 0.719. The Morgan fingerprint density at radius 2 is 1.18 bits per heavy atom. The zero-order valence-electron chi connectivity index (χ0n) is 12.2. The second-order valence-corrected chi connectivity index (χ2v) is 4.35. The fourth-order valence-corrected chi connectivity index (χ4v) is 2.13. The Morgan fingerprint density at radius 3 is 1.45 bits per heavy atom. The molecule has 0 unspecified atom stereocenters. The van der Waals surface area contributed by atoms with E-state index in [9.17, 15) is 0 Å². The van der Waals surface area contributed by atoms with Crippen molar-refractivity contribution in [3.05, 3.63) is 60.7 Å². The molecule has 0 saturated heterocycles. The molecule has 0 aliphatic heterocycles. The monoisotopic (exact) mass is 294 g/mol. The molecule has 0 radical (unpaired) electrons. The first-order chi connectivity index (χ1) is 10.8. The van der Waals surface area contributed by atoms with Crippen LogP contribution in [0.1, 0.15) is 11.1 Å². The van der Waals surface area contributed by atoms with Crippen LogP contribution in [0.2, 0.25) is 0 Å². The molecule has 0 saturated carbocycles. The highest BCUT2D eigenvalue weighted by molar-refractivity contribution is 6.02. The molecule has 2 aromatic heterocycles. The lowest BCUT2D eigenvalue weighted by Gasteiger charge is -2.08. The van der Waals surface area contributed by atoms with E-state index < -0.39 is 0 Å². The third-order valence-corrected chi connectivity index (χ3v) is 3.10. The second-order valence-electron chi connectivity index (χ2n) is 4.35. The average molecular weight is 294 g/mol. The van der Waals surface area contributed by atoms with E-state index in [1.807, 2.05) is 24.3 Å². The van der Waals surface area contributed by atoms with Crippen molar-refractivity contribution in [2.75, 3.05) is 14.1 Å². The molecule has 0 fully saturated rings. The van der Waals surface area contributed by atoms with Gasteiger partial charge < -0.3 is 0 Å². The molecule has 0 aliphatic rings. The highest BCUT2D eigenvalue weighted by atomic mass is 15.3. The van der Waals surface area contributed by atoms with Crippen LogP contribution in [0.5, 0.6) is 0 Å². The quantitative estimate of drug-likeness (QED) is 0.515. The highest BCUT2D eigenvalue weighted by Gasteiger charge is 2.09. The molecule has 8 nitrogen and oxygen atoms in total. The summed E-state index contributed by atoms with van der Waals surface area (Å²) in [5.74, 6) is 1.44. The Hall–Kier alpha value is -3.16. The zero-order chi connectivity index (χ0) is 15.4. The van der Waals surface area contributed by atoms with Crippen molar-refractivity contribution in [1.29, 1.82) is 0 Å². The summed E-state index contributed by atoms with van der Waals surface area (Å²) in [5, 5.41) is 8.21. The molecule has 0 aliphatic carbocycles. The molecule has 3 aromatic rings. The van der Waals surface area contributed by atoms with E-state index in [4.69, 9.17) is 0 Å². The van der Waals surface area contributed by atoms with Crippen molar-refractivity contribution in [3.8, 4) is 0 Å². The number of rotatable bonds is 2. The molecule has 1 aromatic carbocycles. The van der Waals surface area contributed by atoms with Crippen molar-refractivity contribution in [2.45, 2.75) is 0 Å². The zero-order valence-corrected chi connectivity index (χ0v) is 12.2. The van der Waals surface area contributed by atoms with Gasteiger partial charge >= 0.3 is 0 Å². The third kappa shape index (κ3) is 2.53. The van der Waals surface area contributed by atoms with E-state index >= 15 is 0 Å². The number of hydrogen-bond donors (Lipinski definition) is 0. The van der Waals surface area contributed by atoms with Crippen molar-refractivity contribution in [3.63, 3.8) is 0 Å². The van der Waals surface area contributed by atoms with Gasteiger partial charge in [0.25, 0.3) is 0 Å². The number of nitrogens with zero attached hydrogens (tertiary/aromatic N) is 8. The first-order valence-electron chi connectivity index (χ1n) is 6.58. The molecule has 110 valence electrons. The number of benzene rings is 1. The predicted molar refractivity (Wildman–Crippen MR) is 82.2 cm³/mol. The van der Waals surface area contributed by atoms with Crippen LogP contribution in [0.3, 0.4) is 0 Å². The molecule has 3 rings (SSSR count). The molecule has 8 heteroatoms. The second kappa shape index (κ2) is 6.08. The molecule has 0 amide bonds. The molecular formula is C14H14N8. The Labute approximate surface area is 126 Å². The third-order valence-electron chi connectivity index (χ3n) is 3.10. The smallest absolute Gasteiger partial charge is 0.157 e. The van der Waals surface area contributed by atoms with Crippen molar-refractivity contribution in [1.82, 2.24) is 29.5 Å². The van der Waals surface area contributed by atoms with Crippen LogP contribution >= 0.6 is 0 Å². The van der Waals surface area contributed by atoms with Gasteiger partial charge in [-0.2, -0.15) is 10.2 Å². The van der Waals surface area contributed by atoms with Gasteiger partial charge in [0.1, 0.15) is 25.3 Å². The lowest BCUT2D eigenvalue weighted by molar-refractivity contribution is 0.925. The Morgan fingerprint density at radius 1 is 0.773 bits per heavy atom. The molecule has 0 N–H and O–H groups in total. The highest BCUT2D eigenvalue weighted by Crippen LogP contribution is 2.09. The summed E-state index contributed by atoms with van der Waals surface area (Å²) in [6, 6.07) is 7.84. The van der Waals surface area contributed by atoms with E-state index in [2.05, 4.69) is 30.2 Å². The van der Waals surface area contributed by atoms with Crippen LogP contribution in [0.4, 0.5) is 0 Å². The van der Waals surface area contributed by atoms with Crippen molar-refractivity contribution >= 4 is 11.7 Å². The number of hydrogen-bond acceptors (Lipinski definition) is 6. The Balaban J connectivity index is 1.93.